The van der Waals surface area contributed by atoms with E-state index in [2.05, 4.69) is 16.8 Å². The van der Waals surface area contributed by atoms with Crippen LogP contribution in [0.3, 0.4) is 0 Å². The molecule has 1 saturated heterocycles. The van der Waals surface area contributed by atoms with E-state index in [9.17, 15) is 4.79 Å². The zero-order valence-corrected chi connectivity index (χ0v) is 13.2. The molecule has 0 radical (unpaired) electrons. The highest BCUT2D eigenvalue weighted by atomic mass is 16.5. The maximum Gasteiger partial charge on any atom is 0.255 e. The van der Waals surface area contributed by atoms with Crippen LogP contribution < -0.4 is 10.3 Å². The summed E-state index contributed by atoms with van der Waals surface area (Å²) in [5.74, 6) is 0.862. The molecule has 1 aromatic heterocycles. The van der Waals surface area contributed by atoms with E-state index >= 15 is 0 Å². The number of benzene rings is 1. The van der Waals surface area contributed by atoms with E-state index in [1.165, 1.54) is 32.4 Å². The number of piperidine rings is 1. The zero-order chi connectivity index (χ0) is 15.4. The predicted octanol–water partition coefficient (Wildman–Crippen LogP) is 3.17. The maximum atomic E-state index is 11.7. The van der Waals surface area contributed by atoms with Gasteiger partial charge in [0.15, 0.2) is 0 Å². The third kappa shape index (κ3) is 3.50. The Morgan fingerprint density at radius 3 is 3.14 bits per heavy atom. The first-order valence-corrected chi connectivity index (χ1v) is 8.26. The minimum absolute atomic E-state index is 0.0487. The van der Waals surface area contributed by atoms with Gasteiger partial charge < -0.3 is 9.72 Å². The summed E-state index contributed by atoms with van der Waals surface area (Å²) in [6.07, 6.45) is 6.73. The Labute approximate surface area is 131 Å². The first-order chi connectivity index (χ1) is 10.8. The number of pyridine rings is 1. The van der Waals surface area contributed by atoms with Gasteiger partial charge in [-0.15, -0.1) is 0 Å². The third-order valence-corrected chi connectivity index (χ3v) is 4.34. The van der Waals surface area contributed by atoms with Crippen molar-refractivity contribution in [2.24, 2.45) is 0 Å². The Morgan fingerprint density at radius 1 is 1.36 bits per heavy atom. The fourth-order valence-corrected chi connectivity index (χ4v) is 3.13. The van der Waals surface area contributed by atoms with Gasteiger partial charge in [0.1, 0.15) is 11.9 Å². The van der Waals surface area contributed by atoms with Gasteiger partial charge in [0.2, 0.25) is 0 Å². The van der Waals surface area contributed by atoms with Crippen LogP contribution in [-0.2, 0) is 0 Å². The second kappa shape index (κ2) is 6.97. The molecular weight excluding hydrogens is 276 g/mol. The summed E-state index contributed by atoms with van der Waals surface area (Å²) in [6.45, 7) is 5.60. The Hall–Kier alpha value is -1.81. The standard InChI is InChI=1S/C18H24N2O2/c1-2-3-10-20-11-4-5-16(13-20)22-15-6-7-17-14(12-15)8-9-19-18(17)21/h6-9,12,16H,2-5,10-11,13H2,1H3,(H,19,21). The van der Waals surface area contributed by atoms with Crippen molar-refractivity contribution in [3.05, 3.63) is 40.8 Å². The number of H-pyrrole nitrogens is 1. The highest BCUT2D eigenvalue weighted by Gasteiger charge is 2.20. The van der Waals surface area contributed by atoms with Crippen molar-refractivity contribution in [2.75, 3.05) is 19.6 Å². The molecule has 0 bridgehead atoms. The van der Waals surface area contributed by atoms with Gasteiger partial charge in [0.25, 0.3) is 5.56 Å². The molecule has 3 rings (SSSR count). The molecule has 0 aliphatic carbocycles. The van der Waals surface area contributed by atoms with Crippen molar-refractivity contribution in [1.29, 1.82) is 0 Å². The summed E-state index contributed by atoms with van der Waals surface area (Å²) < 4.78 is 6.16. The molecule has 4 nitrogen and oxygen atoms in total. The number of likely N-dealkylation sites (tertiary alicyclic amines) is 1. The third-order valence-electron chi connectivity index (χ3n) is 4.34. The number of fused-ring (bicyclic) bond motifs is 1. The first kappa shape index (κ1) is 15.1. The number of aromatic nitrogens is 1. The number of aromatic amines is 1. The molecule has 118 valence electrons. The zero-order valence-electron chi connectivity index (χ0n) is 13.2. The van der Waals surface area contributed by atoms with Gasteiger partial charge in [-0.3, -0.25) is 9.69 Å². The number of unbranched alkanes of at least 4 members (excludes halogenated alkanes) is 1. The van der Waals surface area contributed by atoms with Gasteiger partial charge in [0.05, 0.1) is 0 Å². The summed E-state index contributed by atoms with van der Waals surface area (Å²) in [5, 5.41) is 1.64. The van der Waals surface area contributed by atoms with Crippen LogP contribution in [0.15, 0.2) is 35.3 Å². The topological polar surface area (TPSA) is 45.3 Å². The van der Waals surface area contributed by atoms with Gasteiger partial charge in [-0.05, 0) is 62.0 Å². The average molecular weight is 300 g/mol. The molecule has 1 atom stereocenters. The molecule has 1 N–H and O–H groups in total. The molecule has 2 heterocycles. The minimum Gasteiger partial charge on any atom is -0.489 e. The summed E-state index contributed by atoms with van der Waals surface area (Å²) >= 11 is 0. The lowest BCUT2D eigenvalue weighted by Crippen LogP contribution is -2.41. The lowest BCUT2D eigenvalue weighted by Gasteiger charge is -2.32. The Bertz CT molecular complexity index is 680. The van der Waals surface area contributed by atoms with Crippen molar-refractivity contribution >= 4 is 10.8 Å². The SMILES string of the molecule is CCCCN1CCCC(Oc2ccc3c(=O)[nH]ccc3c2)C1. The number of hydrogen-bond acceptors (Lipinski definition) is 3. The normalized spacial score (nSPS) is 19.4. The maximum absolute atomic E-state index is 11.7. The molecular formula is C18H24N2O2. The van der Waals surface area contributed by atoms with Gasteiger partial charge in [0, 0.05) is 18.1 Å². The van der Waals surface area contributed by atoms with Crippen molar-refractivity contribution in [2.45, 2.75) is 38.7 Å². The predicted molar refractivity (Wildman–Crippen MR) is 89.6 cm³/mol. The molecule has 22 heavy (non-hydrogen) atoms. The van der Waals surface area contributed by atoms with E-state index in [0.29, 0.717) is 5.39 Å². The van der Waals surface area contributed by atoms with Gasteiger partial charge >= 0.3 is 0 Å². The summed E-state index contributed by atoms with van der Waals surface area (Å²) in [6, 6.07) is 7.64. The molecule has 4 heteroatoms. The van der Waals surface area contributed by atoms with Crippen molar-refractivity contribution in [3.63, 3.8) is 0 Å². The molecule has 1 fully saturated rings. The van der Waals surface area contributed by atoms with Crippen LogP contribution in [0.1, 0.15) is 32.6 Å². The molecule has 0 amide bonds. The highest BCUT2D eigenvalue weighted by molar-refractivity contribution is 5.82. The molecule has 1 aromatic carbocycles. The molecule has 0 spiro atoms. The summed E-state index contributed by atoms with van der Waals surface area (Å²) in [7, 11) is 0. The van der Waals surface area contributed by atoms with Crippen molar-refractivity contribution < 1.29 is 4.74 Å². The van der Waals surface area contributed by atoms with Crippen LogP contribution in [0.2, 0.25) is 0 Å². The smallest absolute Gasteiger partial charge is 0.255 e. The van der Waals surface area contributed by atoms with Gasteiger partial charge in [-0.25, -0.2) is 0 Å². The Balaban J connectivity index is 1.68. The van der Waals surface area contributed by atoms with Crippen LogP contribution in [-0.4, -0.2) is 35.6 Å². The number of nitrogens with one attached hydrogen (secondary N) is 1. The van der Waals surface area contributed by atoms with E-state index in [1.807, 2.05) is 24.3 Å². The average Bonchev–Trinajstić information content (AvgIpc) is 2.53. The molecule has 2 aromatic rings. The van der Waals surface area contributed by atoms with Crippen LogP contribution in [0.4, 0.5) is 0 Å². The Kier molecular flexibility index (Phi) is 4.78. The lowest BCUT2D eigenvalue weighted by atomic mass is 10.1. The summed E-state index contributed by atoms with van der Waals surface area (Å²) in [4.78, 5) is 16.9. The van der Waals surface area contributed by atoms with E-state index < -0.39 is 0 Å². The van der Waals surface area contributed by atoms with Crippen LogP contribution in [0.25, 0.3) is 10.8 Å². The fourth-order valence-electron chi connectivity index (χ4n) is 3.13. The quantitative estimate of drug-likeness (QED) is 0.922. The molecule has 0 saturated carbocycles. The second-order valence-electron chi connectivity index (χ2n) is 6.09. The van der Waals surface area contributed by atoms with E-state index in [0.717, 1.165) is 24.1 Å². The van der Waals surface area contributed by atoms with Crippen molar-refractivity contribution in [3.8, 4) is 5.75 Å². The largest absolute Gasteiger partial charge is 0.489 e. The van der Waals surface area contributed by atoms with Crippen LogP contribution in [0, 0.1) is 0 Å². The number of nitrogens with zero attached hydrogens (tertiary/aromatic N) is 1. The van der Waals surface area contributed by atoms with Crippen LogP contribution >= 0.6 is 0 Å². The number of hydrogen-bond donors (Lipinski definition) is 1. The second-order valence-corrected chi connectivity index (χ2v) is 6.09. The van der Waals surface area contributed by atoms with E-state index in [-0.39, 0.29) is 11.7 Å². The summed E-state index contributed by atoms with van der Waals surface area (Å²) in [5.41, 5.74) is -0.0487. The minimum atomic E-state index is -0.0487. The molecule has 1 aliphatic rings. The first-order valence-electron chi connectivity index (χ1n) is 8.26. The van der Waals surface area contributed by atoms with Crippen molar-refractivity contribution in [1.82, 2.24) is 9.88 Å². The fraction of sp³-hybridized carbons (Fsp3) is 0.500. The Morgan fingerprint density at radius 2 is 2.27 bits per heavy atom. The van der Waals surface area contributed by atoms with E-state index in [4.69, 9.17) is 4.74 Å². The number of rotatable bonds is 5. The monoisotopic (exact) mass is 300 g/mol. The lowest BCUT2D eigenvalue weighted by molar-refractivity contribution is 0.0879. The van der Waals surface area contributed by atoms with E-state index in [1.54, 1.807) is 6.20 Å². The van der Waals surface area contributed by atoms with Gasteiger partial charge in [-0.1, -0.05) is 13.3 Å². The molecule has 1 unspecified atom stereocenters. The highest BCUT2D eigenvalue weighted by Crippen LogP contribution is 2.22. The molecule has 1 aliphatic heterocycles. The van der Waals surface area contributed by atoms with Crippen LogP contribution in [0.5, 0.6) is 5.75 Å². The van der Waals surface area contributed by atoms with Gasteiger partial charge in [-0.2, -0.15) is 0 Å². The number of ether oxygens (including phenoxy) is 1.